The van der Waals surface area contributed by atoms with Crippen molar-refractivity contribution in [3.63, 3.8) is 0 Å². The second-order valence-electron chi connectivity index (χ2n) is 4.63. The summed E-state index contributed by atoms with van der Waals surface area (Å²) in [6, 6.07) is 0. The Morgan fingerprint density at radius 2 is 1.76 bits per heavy atom. The number of allylic oxidation sites excluding steroid dienone is 1. The van der Waals surface area contributed by atoms with E-state index in [1.807, 2.05) is 13.8 Å². The molecule has 0 aliphatic rings. The number of hydrogen-bond acceptors (Lipinski definition) is 3. The van der Waals surface area contributed by atoms with Gasteiger partial charge in [-0.2, -0.15) is 0 Å². The van der Waals surface area contributed by atoms with Crippen molar-refractivity contribution in [2.75, 3.05) is 0 Å². The molecular formula is C13H25AlO3. The molecule has 0 aromatic carbocycles. The van der Waals surface area contributed by atoms with E-state index in [-0.39, 0.29) is 35.2 Å². The van der Waals surface area contributed by atoms with Gasteiger partial charge in [0.1, 0.15) is 11.2 Å². The van der Waals surface area contributed by atoms with E-state index in [1.54, 1.807) is 19.9 Å². The number of hydrogen-bond donors (Lipinski definition) is 0. The van der Waals surface area contributed by atoms with E-state index in [2.05, 4.69) is 6.58 Å². The van der Waals surface area contributed by atoms with Crippen LogP contribution in [0.2, 0.25) is 0 Å². The molecule has 0 rings (SSSR count). The summed E-state index contributed by atoms with van der Waals surface area (Å²) in [7, 11) is 0. The molecule has 17 heavy (non-hydrogen) atoms. The molecule has 3 nitrogen and oxygen atoms in total. The van der Waals surface area contributed by atoms with Crippen molar-refractivity contribution in [2.45, 2.75) is 47.1 Å². The highest BCUT2D eigenvalue weighted by Gasteiger charge is 2.46. The largest absolute Gasteiger partial charge is 0.462 e. The maximum Gasteiger partial charge on any atom is 0.320 e. The van der Waals surface area contributed by atoms with Crippen LogP contribution in [0.1, 0.15) is 41.0 Å². The number of ketones is 1. The topological polar surface area (TPSA) is 43.4 Å². The molecule has 0 saturated heterocycles. The Hall–Kier alpha value is -0.588. The Bertz CT molecular complexity index is 284. The molecule has 0 N–H and O–H groups in total. The van der Waals surface area contributed by atoms with Crippen LogP contribution in [-0.2, 0) is 14.3 Å². The Morgan fingerprint density at radius 1 is 1.29 bits per heavy atom. The second-order valence-corrected chi connectivity index (χ2v) is 4.63. The fourth-order valence-corrected chi connectivity index (χ4v) is 1.80. The molecule has 1 unspecified atom stereocenters. The molecule has 0 heterocycles. The van der Waals surface area contributed by atoms with Gasteiger partial charge in [0, 0.05) is 0 Å². The molecule has 0 aromatic rings. The van der Waals surface area contributed by atoms with E-state index in [0.717, 1.165) is 0 Å². The predicted octanol–water partition coefficient (Wildman–Crippen LogP) is 1.56. The van der Waals surface area contributed by atoms with Crippen LogP contribution in [0.15, 0.2) is 12.7 Å². The summed E-state index contributed by atoms with van der Waals surface area (Å²) >= 11 is 0. The highest BCUT2D eigenvalue weighted by molar-refractivity contribution is 6.03. The van der Waals surface area contributed by atoms with Crippen molar-refractivity contribution >= 4 is 29.1 Å². The Kier molecular flexibility index (Phi) is 8.48. The lowest BCUT2D eigenvalue weighted by atomic mass is 9.71. The highest BCUT2D eigenvalue weighted by atomic mass is 27.0. The van der Waals surface area contributed by atoms with E-state index >= 15 is 0 Å². The number of Topliss-reactive ketones (excluding diaryl/α,β-unsaturated/α-hetero) is 1. The SMILES string of the molecule is C=CCC(C(C)=O)(C(=O)OC(C)C)C(C)C.[AlH3]. The fourth-order valence-electron chi connectivity index (χ4n) is 1.80. The standard InChI is InChI=1S/C13H22O3.Al.3H/c1-7-8-13(9(2)3,11(6)14)12(15)16-10(4)5;;;;/h7,9-10H,1,8H2,2-6H3;;;;. The highest BCUT2D eigenvalue weighted by Crippen LogP contribution is 2.35. The normalized spacial score (nSPS) is 13.8. The van der Waals surface area contributed by atoms with Crippen LogP contribution in [0.25, 0.3) is 0 Å². The summed E-state index contributed by atoms with van der Waals surface area (Å²) in [5.74, 6) is -0.702. The molecule has 98 valence electrons. The monoisotopic (exact) mass is 256 g/mol. The molecule has 0 aliphatic heterocycles. The molecule has 4 heteroatoms. The number of ether oxygens (including phenoxy) is 1. The first-order chi connectivity index (χ1) is 7.28. The van der Waals surface area contributed by atoms with E-state index in [0.29, 0.717) is 6.42 Å². The van der Waals surface area contributed by atoms with Gasteiger partial charge in [-0.25, -0.2) is 0 Å². The predicted molar refractivity (Wildman–Crippen MR) is 73.9 cm³/mol. The smallest absolute Gasteiger partial charge is 0.320 e. The third-order valence-electron chi connectivity index (χ3n) is 2.79. The number of carbonyl (C=O) groups excluding carboxylic acids is 2. The van der Waals surface area contributed by atoms with Crippen molar-refractivity contribution in [1.82, 2.24) is 0 Å². The van der Waals surface area contributed by atoms with E-state index in [1.165, 1.54) is 6.92 Å². The van der Waals surface area contributed by atoms with Gasteiger partial charge in [-0.05, 0) is 33.1 Å². The maximum atomic E-state index is 12.1. The maximum absolute atomic E-state index is 12.1. The van der Waals surface area contributed by atoms with Gasteiger partial charge >= 0.3 is 5.97 Å². The van der Waals surface area contributed by atoms with Gasteiger partial charge in [0.2, 0.25) is 0 Å². The zero-order valence-electron chi connectivity index (χ0n) is 10.9. The molecule has 0 amide bonds. The Balaban J connectivity index is 0. The summed E-state index contributed by atoms with van der Waals surface area (Å²) in [5.41, 5.74) is -1.08. The van der Waals surface area contributed by atoms with Crippen LogP contribution < -0.4 is 0 Å². The minimum Gasteiger partial charge on any atom is -0.462 e. The first kappa shape index (κ1) is 18.8. The van der Waals surface area contributed by atoms with Crippen molar-refractivity contribution in [1.29, 1.82) is 0 Å². The molecule has 0 fully saturated rings. The lowest BCUT2D eigenvalue weighted by Gasteiger charge is -2.32. The van der Waals surface area contributed by atoms with Crippen LogP contribution >= 0.6 is 0 Å². The van der Waals surface area contributed by atoms with Gasteiger partial charge in [0.25, 0.3) is 0 Å². The van der Waals surface area contributed by atoms with Crippen LogP contribution in [0.5, 0.6) is 0 Å². The van der Waals surface area contributed by atoms with E-state index < -0.39 is 11.4 Å². The Labute approximate surface area is 115 Å². The summed E-state index contributed by atoms with van der Waals surface area (Å²) in [6.45, 7) is 12.3. The third kappa shape index (κ3) is 4.29. The average Bonchev–Trinajstić information content (AvgIpc) is 2.11. The zero-order valence-corrected chi connectivity index (χ0v) is 10.9. The first-order valence-corrected chi connectivity index (χ1v) is 5.62. The van der Waals surface area contributed by atoms with Crippen molar-refractivity contribution in [3.8, 4) is 0 Å². The number of rotatable bonds is 6. The molecule has 0 saturated carbocycles. The summed E-state index contributed by atoms with van der Waals surface area (Å²) < 4.78 is 5.18. The minimum atomic E-state index is -1.08. The molecule has 0 aromatic heterocycles. The van der Waals surface area contributed by atoms with Gasteiger partial charge in [-0.3, -0.25) is 9.59 Å². The van der Waals surface area contributed by atoms with Crippen LogP contribution in [0.4, 0.5) is 0 Å². The quantitative estimate of drug-likeness (QED) is 0.313. The van der Waals surface area contributed by atoms with Gasteiger partial charge in [-0.1, -0.05) is 19.9 Å². The molecule has 0 spiro atoms. The van der Waals surface area contributed by atoms with E-state index in [9.17, 15) is 9.59 Å². The van der Waals surface area contributed by atoms with Gasteiger partial charge in [0.15, 0.2) is 17.4 Å². The molecule has 1 atom stereocenters. The average molecular weight is 256 g/mol. The first-order valence-electron chi connectivity index (χ1n) is 5.62. The van der Waals surface area contributed by atoms with Crippen LogP contribution in [0.3, 0.4) is 0 Å². The van der Waals surface area contributed by atoms with Gasteiger partial charge in [-0.15, -0.1) is 6.58 Å². The zero-order chi connectivity index (χ0) is 12.9. The van der Waals surface area contributed by atoms with E-state index in [4.69, 9.17) is 4.74 Å². The van der Waals surface area contributed by atoms with Gasteiger partial charge < -0.3 is 4.74 Å². The second kappa shape index (κ2) is 7.68. The van der Waals surface area contributed by atoms with Gasteiger partial charge in [0.05, 0.1) is 6.10 Å². The molecular weight excluding hydrogens is 231 g/mol. The molecule has 0 radical (unpaired) electrons. The Morgan fingerprint density at radius 3 is 2.00 bits per heavy atom. The minimum absolute atomic E-state index is 0. The molecule has 0 aliphatic carbocycles. The van der Waals surface area contributed by atoms with Crippen molar-refractivity contribution in [2.24, 2.45) is 11.3 Å². The lowest BCUT2D eigenvalue weighted by Crippen LogP contribution is -2.44. The van der Waals surface area contributed by atoms with Crippen LogP contribution in [0, 0.1) is 11.3 Å². The molecule has 0 bridgehead atoms. The third-order valence-corrected chi connectivity index (χ3v) is 2.79. The summed E-state index contributed by atoms with van der Waals surface area (Å²) in [4.78, 5) is 23.8. The fraction of sp³-hybridized carbons (Fsp3) is 0.692. The van der Waals surface area contributed by atoms with Crippen molar-refractivity contribution < 1.29 is 14.3 Å². The van der Waals surface area contributed by atoms with Crippen molar-refractivity contribution in [3.05, 3.63) is 12.7 Å². The number of carbonyl (C=O) groups is 2. The van der Waals surface area contributed by atoms with Crippen LogP contribution in [-0.4, -0.2) is 35.2 Å². The summed E-state index contributed by atoms with van der Waals surface area (Å²) in [6.07, 6.45) is 1.71. The number of esters is 1. The summed E-state index contributed by atoms with van der Waals surface area (Å²) in [5, 5.41) is 0. The lowest BCUT2D eigenvalue weighted by molar-refractivity contribution is -0.166.